The number of aliphatic hydroxyl groups is 1. The lowest BCUT2D eigenvalue weighted by Gasteiger charge is -2.19. The zero-order valence-corrected chi connectivity index (χ0v) is 9.54. The van der Waals surface area contributed by atoms with Crippen molar-refractivity contribution in [3.05, 3.63) is 23.7 Å². The molecule has 1 aromatic rings. The number of esters is 1. The van der Waals surface area contributed by atoms with Crippen LogP contribution >= 0.6 is 0 Å². The molecule has 0 bridgehead atoms. The molecule has 18 heavy (non-hydrogen) atoms. The first-order valence-electron chi connectivity index (χ1n) is 5.16. The first kappa shape index (κ1) is 12.0. The predicted molar refractivity (Wildman–Crippen MR) is 60.8 cm³/mol. The highest BCUT2D eigenvalue weighted by Gasteiger charge is 2.38. The summed E-state index contributed by atoms with van der Waals surface area (Å²) in [5, 5.41) is 21.2. The average Bonchev–Trinajstić information content (AvgIpc) is 2.38. The lowest BCUT2D eigenvalue weighted by Crippen LogP contribution is -2.35. The van der Waals surface area contributed by atoms with E-state index in [4.69, 9.17) is 5.26 Å². The molecule has 1 aromatic heterocycles. The Labute approximate surface area is 103 Å². The van der Waals surface area contributed by atoms with Crippen LogP contribution in [0.1, 0.15) is 18.3 Å². The smallest absolute Gasteiger partial charge is 0.361 e. The van der Waals surface area contributed by atoms with Gasteiger partial charge in [0.25, 0.3) is 6.26 Å². The van der Waals surface area contributed by atoms with Crippen molar-refractivity contribution >= 4 is 17.9 Å². The summed E-state index contributed by atoms with van der Waals surface area (Å²) < 4.78 is 4.11. The fraction of sp³-hybridized carbons (Fsp3) is 0.273. The molecule has 0 amide bonds. The standard InChI is InChI=1S/C11H10N4O3/c1-11(17,10(16)18-6-12)9-14-5-7-3-2-4-13-8(7)15-9/h2-3,5,17H,4H2,1H3,(H,13,14,15). The molecular weight excluding hydrogens is 236 g/mol. The van der Waals surface area contributed by atoms with Crippen LogP contribution in [0.4, 0.5) is 5.82 Å². The summed E-state index contributed by atoms with van der Waals surface area (Å²) in [4.78, 5) is 19.4. The van der Waals surface area contributed by atoms with Crippen molar-refractivity contribution in [2.75, 3.05) is 11.9 Å². The minimum Gasteiger partial charge on any atom is -0.372 e. The molecule has 0 saturated carbocycles. The van der Waals surface area contributed by atoms with Crippen molar-refractivity contribution in [1.29, 1.82) is 5.26 Å². The van der Waals surface area contributed by atoms with Crippen LogP contribution in [0.2, 0.25) is 0 Å². The largest absolute Gasteiger partial charge is 0.372 e. The first-order valence-corrected chi connectivity index (χ1v) is 5.16. The second-order valence-electron chi connectivity index (χ2n) is 3.83. The molecule has 2 heterocycles. The Kier molecular flexibility index (Phi) is 2.95. The van der Waals surface area contributed by atoms with E-state index in [0.717, 1.165) is 5.56 Å². The van der Waals surface area contributed by atoms with Gasteiger partial charge >= 0.3 is 5.97 Å². The van der Waals surface area contributed by atoms with Gasteiger partial charge in [-0.3, -0.25) is 0 Å². The highest BCUT2D eigenvalue weighted by molar-refractivity contribution is 5.80. The molecule has 1 aliphatic rings. The van der Waals surface area contributed by atoms with Crippen LogP contribution in [-0.4, -0.2) is 27.6 Å². The zero-order chi connectivity index (χ0) is 13.2. The van der Waals surface area contributed by atoms with Gasteiger partial charge in [0.15, 0.2) is 5.82 Å². The molecule has 0 fully saturated rings. The summed E-state index contributed by atoms with van der Waals surface area (Å²) in [5.74, 6) is -0.715. The average molecular weight is 246 g/mol. The third kappa shape index (κ3) is 2.01. The van der Waals surface area contributed by atoms with Crippen molar-refractivity contribution in [1.82, 2.24) is 9.97 Å². The summed E-state index contributed by atoms with van der Waals surface area (Å²) in [5.41, 5.74) is -1.30. The van der Waals surface area contributed by atoms with Crippen LogP contribution in [0.25, 0.3) is 6.08 Å². The van der Waals surface area contributed by atoms with E-state index >= 15 is 0 Å². The number of carbonyl (C=O) groups excluding carboxylic acids is 1. The normalized spacial score (nSPS) is 15.8. The summed E-state index contributed by atoms with van der Waals surface area (Å²) in [6, 6.07) is 0. The Morgan fingerprint density at radius 2 is 2.50 bits per heavy atom. The van der Waals surface area contributed by atoms with Crippen molar-refractivity contribution in [3.8, 4) is 6.26 Å². The molecule has 7 heteroatoms. The summed E-state index contributed by atoms with van der Waals surface area (Å²) >= 11 is 0. The van der Waals surface area contributed by atoms with Crippen molar-refractivity contribution in [3.63, 3.8) is 0 Å². The predicted octanol–water partition coefficient (Wildman–Crippen LogP) is 0.147. The fourth-order valence-corrected chi connectivity index (χ4v) is 1.46. The third-order valence-corrected chi connectivity index (χ3v) is 2.47. The minimum absolute atomic E-state index is 0.121. The van der Waals surface area contributed by atoms with Crippen LogP contribution in [0.5, 0.6) is 0 Å². The van der Waals surface area contributed by atoms with E-state index in [9.17, 15) is 9.90 Å². The van der Waals surface area contributed by atoms with Gasteiger partial charge in [0, 0.05) is 18.3 Å². The molecule has 2 rings (SSSR count). The highest BCUT2D eigenvalue weighted by atomic mass is 16.5. The maximum absolute atomic E-state index is 11.4. The fourth-order valence-electron chi connectivity index (χ4n) is 1.46. The minimum atomic E-state index is -2.06. The van der Waals surface area contributed by atoms with E-state index in [2.05, 4.69) is 20.0 Å². The van der Waals surface area contributed by atoms with Crippen LogP contribution in [0.3, 0.4) is 0 Å². The van der Waals surface area contributed by atoms with Gasteiger partial charge in [-0.05, 0) is 6.92 Å². The van der Waals surface area contributed by atoms with Gasteiger partial charge < -0.3 is 15.2 Å². The number of ether oxygens (including phenoxy) is 1. The van der Waals surface area contributed by atoms with Gasteiger partial charge in [0.1, 0.15) is 5.82 Å². The molecule has 0 radical (unpaired) electrons. The van der Waals surface area contributed by atoms with Crippen molar-refractivity contribution in [2.24, 2.45) is 0 Å². The van der Waals surface area contributed by atoms with Crippen LogP contribution in [0, 0.1) is 11.5 Å². The Morgan fingerprint density at radius 1 is 1.72 bits per heavy atom. The Morgan fingerprint density at radius 3 is 3.22 bits per heavy atom. The second-order valence-corrected chi connectivity index (χ2v) is 3.83. The topological polar surface area (TPSA) is 108 Å². The number of aromatic nitrogens is 2. The molecule has 1 aliphatic heterocycles. The number of rotatable bonds is 2. The molecule has 2 N–H and O–H groups in total. The van der Waals surface area contributed by atoms with E-state index in [0.29, 0.717) is 12.4 Å². The molecule has 7 nitrogen and oxygen atoms in total. The second kappa shape index (κ2) is 4.43. The van der Waals surface area contributed by atoms with Crippen LogP contribution < -0.4 is 5.32 Å². The molecule has 0 aliphatic carbocycles. The number of hydrogen-bond donors (Lipinski definition) is 2. The lowest BCUT2D eigenvalue weighted by molar-refractivity contribution is -0.158. The van der Waals surface area contributed by atoms with Crippen molar-refractivity contribution in [2.45, 2.75) is 12.5 Å². The molecule has 1 unspecified atom stereocenters. The molecule has 0 spiro atoms. The van der Waals surface area contributed by atoms with E-state index in [-0.39, 0.29) is 5.82 Å². The monoisotopic (exact) mass is 246 g/mol. The van der Waals surface area contributed by atoms with Gasteiger partial charge in [-0.1, -0.05) is 12.2 Å². The Hall–Kier alpha value is -2.46. The number of nitriles is 1. The summed E-state index contributed by atoms with van der Waals surface area (Å²) in [7, 11) is 0. The third-order valence-electron chi connectivity index (χ3n) is 2.47. The van der Waals surface area contributed by atoms with Gasteiger partial charge in [0.2, 0.25) is 5.60 Å². The van der Waals surface area contributed by atoms with E-state index in [1.54, 1.807) is 0 Å². The SMILES string of the molecule is CC(O)(C(=O)OC#N)c1ncc2c(n1)NCC=C2. The molecule has 0 saturated heterocycles. The molecular formula is C11H10N4O3. The van der Waals surface area contributed by atoms with E-state index in [1.807, 2.05) is 12.2 Å². The molecule has 92 valence electrons. The van der Waals surface area contributed by atoms with E-state index < -0.39 is 11.6 Å². The quantitative estimate of drug-likeness (QED) is 0.564. The van der Waals surface area contributed by atoms with Gasteiger partial charge in [-0.25, -0.2) is 14.8 Å². The highest BCUT2D eigenvalue weighted by Crippen LogP contribution is 2.23. The van der Waals surface area contributed by atoms with Gasteiger partial charge in [-0.2, -0.15) is 0 Å². The van der Waals surface area contributed by atoms with Crippen LogP contribution in [0.15, 0.2) is 12.3 Å². The summed E-state index contributed by atoms with van der Waals surface area (Å²) in [6.45, 7) is 1.78. The number of anilines is 1. The van der Waals surface area contributed by atoms with Gasteiger partial charge in [-0.15, -0.1) is 5.26 Å². The number of carbonyl (C=O) groups is 1. The molecule has 0 aromatic carbocycles. The summed E-state index contributed by atoms with van der Waals surface area (Å²) in [6.07, 6.45) is 6.42. The first-order chi connectivity index (χ1) is 8.55. The number of fused-ring (bicyclic) bond motifs is 1. The Bertz CT molecular complexity index is 560. The van der Waals surface area contributed by atoms with Gasteiger partial charge in [0.05, 0.1) is 0 Å². The molecule has 1 atom stereocenters. The number of hydrogen-bond acceptors (Lipinski definition) is 7. The van der Waals surface area contributed by atoms with Crippen molar-refractivity contribution < 1.29 is 14.6 Å². The maximum atomic E-state index is 11.4. The number of nitrogens with zero attached hydrogens (tertiary/aromatic N) is 3. The van der Waals surface area contributed by atoms with Crippen LogP contribution in [-0.2, 0) is 15.1 Å². The maximum Gasteiger partial charge on any atom is 0.361 e. The number of nitrogens with one attached hydrogen (secondary N) is 1. The zero-order valence-electron chi connectivity index (χ0n) is 9.54. The van der Waals surface area contributed by atoms with E-state index in [1.165, 1.54) is 19.4 Å². The Balaban J connectivity index is 2.37. The lowest BCUT2D eigenvalue weighted by atomic mass is 10.1.